The number of nitrogens with one attached hydrogen (secondary N) is 1. The fourth-order valence-electron chi connectivity index (χ4n) is 1.92. The van der Waals surface area contributed by atoms with Gasteiger partial charge in [-0.1, -0.05) is 0 Å². The summed E-state index contributed by atoms with van der Waals surface area (Å²) in [7, 11) is 0. The zero-order valence-corrected chi connectivity index (χ0v) is 13.6. The van der Waals surface area contributed by atoms with Crippen LogP contribution >= 0.6 is 11.8 Å². The topological polar surface area (TPSA) is 58.6 Å². The van der Waals surface area contributed by atoms with Gasteiger partial charge in [-0.3, -0.25) is 9.69 Å². The zero-order chi connectivity index (χ0) is 16.3. The Labute approximate surface area is 133 Å². The van der Waals surface area contributed by atoms with Gasteiger partial charge in [0.2, 0.25) is 5.91 Å². The highest BCUT2D eigenvalue weighted by Gasteiger charge is 2.37. The lowest BCUT2D eigenvalue weighted by Gasteiger charge is -2.27. The molecule has 0 bridgehead atoms. The van der Waals surface area contributed by atoms with Crippen molar-refractivity contribution < 1.29 is 18.7 Å². The Morgan fingerprint density at radius 3 is 2.55 bits per heavy atom. The van der Waals surface area contributed by atoms with Gasteiger partial charge in [0.1, 0.15) is 17.5 Å². The summed E-state index contributed by atoms with van der Waals surface area (Å²) < 4.78 is 18.2. The minimum Gasteiger partial charge on any atom is -0.444 e. The number of nitrogens with zero attached hydrogens (tertiary/aromatic N) is 1. The van der Waals surface area contributed by atoms with E-state index >= 15 is 0 Å². The summed E-state index contributed by atoms with van der Waals surface area (Å²) in [6.45, 7) is 5.34. The second-order valence-electron chi connectivity index (χ2n) is 5.96. The van der Waals surface area contributed by atoms with Crippen LogP contribution in [0.1, 0.15) is 20.8 Å². The first-order valence-corrected chi connectivity index (χ1v) is 8.05. The molecule has 1 aromatic carbocycles. The van der Waals surface area contributed by atoms with E-state index in [1.807, 2.05) is 0 Å². The normalized spacial score (nSPS) is 18.2. The van der Waals surface area contributed by atoms with E-state index in [0.29, 0.717) is 17.3 Å². The van der Waals surface area contributed by atoms with Crippen LogP contribution in [0.3, 0.4) is 0 Å². The van der Waals surface area contributed by atoms with Crippen molar-refractivity contribution >= 4 is 29.4 Å². The summed E-state index contributed by atoms with van der Waals surface area (Å²) in [4.78, 5) is 25.9. The van der Waals surface area contributed by atoms with Crippen LogP contribution in [0.4, 0.5) is 14.9 Å². The van der Waals surface area contributed by atoms with Gasteiger partial charge in [0, 0.05) is 11.4 Å². The Morgan fingerprint density at radius 1 is 1.32 bits per heavy atom. The number of hydrogen-bond donors (Lipinski definition) is 1. The molecule has 0 spiro atoms. The highest BCUT2D eigenvalue weighted by atomic mass is 32.2. The molecule has 0 aromatic heterocycles. The maximum absolute atomic E-state index is 12.9. The largest absolute Gasteiger partial charge is 0.444 e. The van der Waals surface area contributed by atoms with Crippen LogP contribution in [-0.4, -0.2) is 40.2 Å². The van der Waals surface area contributed by atoms with Crippen LogP contribution < -0.4 is 5.32 Å². The third-order valence-electron chi connectivity index (χ3n) is 2.92. The Hall–Kier alpha value is -1.76. The number of halogens is 1. The first-order chi connectivity index (χ1) is 10.3. The third-order valence-corrected chi connectivity index (χ3v) is 3.94. The van der Waals surface area contributed by atoms with Crippen LogP contribution in [-0.2, 0) is 9.53 Å². The van der Waals surface area contributed by atoms with E-state index in [0.717, 1.165) is 0 Å². The van der Waals surface area contributed by atoms with Gasteiger partial charge < -0.3 is 10.1 Å². The number of benzene rings is 1. The molecule has 2 rings (SSSR count). The van der Waals surface area contributed by atoms with E-state index in [1.165, 1.54) is 40.9 Å². The molecular weight excluding hydrogens is 307 g/mol. The molecule has 1 saturated heterocycles. The third kappa shape index (κ3) is 4.37. The van der Waals surface area contributed by atoms with Crippen molar-refractivity contribution in [3.63, 3.8) is 0 Å². The summed E-state index contributed by atoms with van der Waals surface area (Å²) in [5.41, 5.74) is -0.116. The fourth-order valence-corrected chi connectivity index (χ4v) is 3.06. The highest BCUT2D eigenvalue weighted by Crippen LogP contribution is 2.24. The van der Waals surface area contributed by atoms with Crippen molar-refractivity contribution in [2.24, 2.45) is 0 Å². The van der Waals surface area contributed by atoms with Crippen LogP contribution in [0.15, 0.2) is 24.3 Å². The number of carbonyl (C=O) groups excluding carboxylic acids is 2. The molecule has 0 saturated carbocycles. The van der Waals surface area contributed by atoms with Crippen LogP contribution in [0.2, 0.25) is 0 Å². The number of anilines is 1. The maximum Gasteiger partial charge on any atom is 0.411 e. The highest BCUT2D eigenvalue weighted by molar-refractivity contribution is 7.99. The van der Waals surface area contributed by atoms with Crippen molar-refractivity contribution in [1.29, 1.82) is 0 Å². The number of rotatable bonds is 2. The molecule has 1 atom stereocenters. The van der Waals surface area contributed by atoms with Gasteiger partial charge in [0.05, 0.1) is 5.88 Å². The molecule has 0 unspecified atom stereocenters. The molecule has 120 valence electrons. The van der Waals surface area contributed by atoms with Gasteiger partial charge in [-0.2, -0.15) is 0 Å². The van der Waals surface area contributed by atoms with E-state index in [1.54, 1.807) is 20.8 Å². The van der Waals surface area contributed by atoms with Gasteiger partial charge in [0.15, 0.2) is 0 Å². The van der Waals surface area contributed by atoms with E-state index < -0.39 is 17.7 Å². The SMILES string of the molecule is CC(C)(C)OC(=O)N1CSC[C@@H]1C(=O)Nc1ccc(F)cc1. The quantitative estimate of drug-likeness (QED) is 0.907. The number of ether oxygens (including phenoxy) is 1. The minimum absolute atomic E-state index is 0.303. The fraction of sp³-hybridized carbons (Fsp3) is 0.467. The molecule has 1 aliphatic rings. The van der Waals surface area contributed by atoms with E-state index in [9.17, 15) is 14.0 Å². The maximum atomic E-state index is 12.9. The zero-order valence-electron chi connectivity index (χ0n) is 12.8. The van der Waals surface area contributed by atoms with Crippen LogP contribution in [0.5, 0.6) is 0 Å². The molecular formula is C15H19FN2O3S. The molecule has 1 fully saturated rings. The molecule has 1 N–H and O–H groups in total. The van der Waals surface area contributed by atoms with Crippen LogP contribution in [0.25, 0.3) is 0 Å². The molecule has 0 radical (unpaired) electrons. The summed E-state index contributed by atoms with van der Waals surface area (Å²) in [6, 6.07) is 4.90. The summed E-state index contributed by atoms with van der Waals surface area (Å²) in [6.07, 6.45) is -0.503. The summed E-state index contributed by atoms with van der Waals surface area (Å²) in [5, 5.41) is 2.69. The second-order valence-corrected chi connectivity index (χ2v) is 6.96. The molecule has 1 heterocycles. The summed E-state index contributed by atoms with van der Waals surface area (Å²) in [5.74, 6) is 0.246. The lowest BCUT2D eigenvalue weighted by molar-refractivity contribution is -0.120. The first kappa shape index (κ1) is 16.6. The molecule has 1 aromatic rings. The number of hydrogen-bond acceptors (Lipinski definition) is 4. The number of thioether (sulfide) groups is 1. The Bertz CT molecular complexity index is 557. The van der Waals surface area contributed by atoms with Crippen molar-refractivity contribution in [2.75, 3.05) is 16.9 Å². The lowest BCUT2D eigenvalue weighted by Crippen LogP contribution is -2.46. The summed E-state index contributed by atoms with van der Waals surface area (Å²) >= 11 is 1.49. The van der Waals surface area contributed by atoms with Gasteiger partial charge >= 0.3 is 6.09 Å². The van der Waals surface area contributed by atoms with E-state index in [2.05, 4.69) is 5.32 Å². The number of amides is 2. The average molecular weight is 326 g/mol. The standard InChI is InChI=1S/C15H19FN2O3S/c1-15(2,3)21-14(20)18-9-22-8-12(18)13(19)17-11-6-4-10(16)5-7-11/h4-7,12H,8-9H2,1-3H3,(H,17,19)/t12-/m1/s1. The molecule has 5 nitrogen and oxygen atoms in total. The smallest absolute Gasteiger partial charge is 0.411 e. The molecule has 7 heteroatoms. The van der Waals surface area contributed by atoms with Gasteiger partial charge in [-0.15, -0.1) is 11.8 Å². The van der Waals surface area contributed by atoms with Crippen molar-refractivity contribution in [3.8, 4) is 0 Å². The lowest BCUT2D eigenvalue weighted by atomic mass is 10.2. The first-order valence-electron chi connectivity index (χ1n) is 6.90. The molecule has 22 heavy (non-hydrogen) atoms. The Balaban J connectivity index is 2.01. The molecule has 1 aliphatic heterocycles. The van der Waals surface area contributed by atoms with Crippen LogP contribution in [0, 0.1) is 5.82 Å². The van der Waals surface area contributed by atoms with Gasteiger partial charge in [-0.05, 0) is 45.0 Å². The van der Waals surface area contributed by atoms with E-state index in [4.69, 9.17) is 4.74 Å². The van der Waals surface area contributed by atoms with Crippen molar-refractivity contribution in [2.45, 2.75) is 32.4 Å². The van der Waals surface area contributed by atoms with Crippen molar-refractivity contribution in [1.82, 2.24) is 4.90 Å². The number of carbonyl (C=O) groups is 2. The van der Waals surface area contributed by atoms with Gasteiger partial charge in [-0.25, -0.2) is 9.18 Å². The Morgan fingerprint density at radius 2 is 1.95 bits per heavy atom. The molecule has 0 aliphatic carbocycles. The predicted molar refractivity (Wildman–Crippen MR) is 84.2 cm³/mol. The van der Waals surface area contributed by atoms with Crippen molar-refractivity contribution in [3.05, 3.63) is 30.1 Å². The molecule has 2 amide bonds. The second kappa shape index (κ2) is 6.56. The Kier molecular flexibility index (Phi) is 4.95. The van der Waals surface area contributed by atoms with Gasteiger partial charge in [0.25, 0.3) is 0 Å². The predicted octanol–water partition coefficient (Wildman–Crippen LogP) is 3.07. The van der Waals surface area contributed by atoms with E-state index in [-0.39, 0.29) is 11.7 Å². The monoisotopic (exact) mass is 326 g/mol. The minimum atomic E-state index is -0.609. The average Bonchev–Trinajstić information content (AvgIpc) is 2.89.